The van der Waals surface area contributed by atoms with E-state index in [1.54, 1.807) is 12.1 Å². The van der Waals surface area contributed by atoms with E-state index in [2.05, 4.69) is 24.5 Å². The Hall–Kier alpha value is -3.20. The number of amides is 2. The second-order valence-corrected chi connectivity index (χ2v) is 10.1. The first kappa shape index (κ1) is 30.3. The lowest BCUT2D eigenvalue weighted by Crippen LogP contribution is -2.40. The molecule has 0 saturated carbocycles. The Morgan fingerprint density at radius 2 is 1.92 bits per heavy atom. The van der Waals surface area contributed by atoms with Crippen molar-refractivity contribution in [1.82, 2.24) is 10.2 Å². The number of hydrogen-bond donors (Lipinski definition) is 3. The fourth-order valence-corrected chi connectivity index (χ4v) is 4.86. The first-order chi connectivity index (χ1) is 18.8. The maximum absolute atomic E-state index is 13.8. The number of hydrogen-bond acceptors (Lipinski definition) is 5. The van der Waals surface area contributed by atoms with Crippen molar-refractivity contribution < 1.29 is 28.2 Å². The van der Waals surface area contributed by atoms with Crippen LogP contribution in [0.5, 0.6) is 11.5 Å². The van der Waals surface area contributed by atoms with Crippen LogP contribution in [0, 0.1) is 11.6 Å². The number of carbonyl (C=O) groups is 2. The number of rotatable bonds is 16. The first-order valence-corrected chi connectivity index (χ1v) is 14.0. The number of ether oxygens (including phenoxy) is 1. The van der Waals surface area contributed by atoms with Crippen molar-refractivity contribution in [3.05, 3.63) is 53.1 Å². The smallest absolute Gasteiger partial charge is 0.262 e. The molecule has 0 unspecified atom stereocenters. The molecule has 1 heterocycles. The van der Waals surface area contributed by atoms with Gasteiger partial charge in [0, 0.05) is 25.6 Å². The molecule has 1 aliphatic heterocycles. The summed E-state index contributed by atoms with van der Waals surface area (Å²) in [6, 6.07) is 7.72. The minimum atomic E-state index is -0.844. The summed E-state index contributed by atoms with van der Waals surface area (Å²) in [5.41, 5.74) is 1.60. The second-order valence-electron chi connectivity index (χ2n) is 10.1. The quantitative estimate of drug-likeness (QED) is 0.196. The highest BCUT2D eigenvalue weighted by atomic mass is 19.2. The summed E-state index contributed by atoms with van der Waals surface area (Å²) in [5.74, 6) is -1.31. The molecule has 0 aromatic heterocycles. The molecule has 9 heteroatoms. The summed E-state index contributed by atoms with van der Waals surface area (Å²) in [4.78, 5) is 26.7. The average Bonchev–Trinajstić information content (AvgIpc) is 2.92. The Morgan fingerprint density at radius 1 is 1.10 bits per heavy atom. The fourth-order valence-electron chi connectivity index (χ4n) is 4.86. The van der Waals surface area contributed by atoms with Gasteiger partial charge in [-0.15, -0.1) is 0 Å². The van der Waals surface area contributed by atoms with Crippen LogP contribution in [0.1, 0.15) is 69.9 Å². The van der Waals surface area contributed by atoms with Gasteiger partial charge in [-0.3, -0.25) is 9.59 Å². The van der Waals surface area contributed by atoms with Gasteiger partial charge in [0.15, 0.2) is 24.0 Å². The van der Waals surface area contributed by atoms with Gasteiger partial charge in [-0.2, -0.15) is 0 Å². The number of anilines is 1. The second kappa shape index (κ2) is 15.4. The van der Waals surface area contributed by atoms with Crippen LogP contribution in [0.25, 0.3) is 0 Å². The van der Waals surface area contributed by atoms with E-state index in [0.29, 0.717) is 49.5 Å². The first-order valence-electron chi connectivity index (χ1n) is 14.0. The van der Waals surface area contributed by atoms with Gasteiger partial charge in [-0.05, 0) is 68.8 Å². The Morgan fingerprint density at radius 3 is 2.72 bits per heavy atom. The summed E-state index contributed by atoms with van der Waals surface area (Å²) in [5, 5.41) is 15.9. The lowest BCUT2D eigenvalue weighted by molar-refractivity contribution is -0.133. The van der Waals surface area contributed by atoms with Crippen molar-refractivity contribution in [2.24, 2.45) is 0 Å². The number of benzene rings is 2. The van der Waals surface area contributed by atoms with E-state index in [4.69, 9.17) is 4.74 Å². The maximum atomic E-state index is 13.8. The standard InChI is InChI=1S/C30H41F2N3O4/c1-3-4-9-21(2)35(27(38)16-18-33-17-15-22-11-8-12-24(31)28(22)32)19-7-5-6-10-23-13-14-25(36)29-30(23)39-20-26(37)34-29/h8,11-14,21,33,36H,3-7,9-10,15-20H2,1-2H3,(H,34,37)/t21-/m1/s1. The SMILES string of the molecule is CCCC[C@@H](C)N(CCCCCc1ccc(O)c2c1OCC(=O)N2)C(=O)CCNCCc1cccc(F)c1F. The number of nitrogens with one attached hydrogen (secondary N) is 2. The van der Waals surface area contributed by atoms with Crippen LogP contribution in [0.3, 0.4) is 0 Å². The van der Waals surface area contributed by atoms with Gasteiger partial charge in [-0.25, -0.2) is 8.78 Å². The molecule has 7 nitrogen and oxygen atoms in total. The maximum Gasteiger partial charge on any atom is 0.262 e. The van der Waals surface area contributed by atoms with Gasteiger partial charge < -0.3 is 25.4 Å². The van der Waals surface area contributed by atoms with Crippen molar-refractivity contribution in [2.75, 3.05) is 31.6 Å². The number of fused-ring (bicyclic) bond motifs is 1. The van der Waals surface area contributed by atoms with E-state index in [1.165, 1.54) is 6.07 Å². The number of unbranched alkanes of at least 4 members (excludes halogenated alkanes) is 3. The van der Waals surface area contributed by atoms with Crippen LogP contribution in [-0.4, -0.2) is 54.1 Å². The predicted octanol–water partition coefficient (Wildman–Crippen LogP) is 5.34. The fraction of sp³-hybridized carbons (Fsp3) is 0.533. The third-order valence-corrected chi connectivity index (χ3v) is 7.12. The summed E-state index contributed by atoms with van der Waals surface area (Å²) in [6.07, 6.45) is 7.22. The minimum absolute atomic E-state index is 0.00682. The van der Waals surface area contributed by atoms with E-state index in [1.807, 2.05) is 11.0 Å². The van der Waals surface area contributed by atoms with Crippen LogP contribution >= 0.6 is 0 Å². The zero-order valence-electron chi connectivity index (χ0n) is 23.0. The van der Waals surface area contributed by atoms with Crippen LogP contribution in [0.4, 0.5) is 14.5 Å². The highest BCUT2D eigenvalue weighted by Crippen LogP contribution is 2.39. The summed E-state index contributed by atoms with van der Waals surface area (Å²) >= 11 is 0. The van der Waals surface area contributed by atoms with Crippen molar-refractivity contribution in [2.45, 2.75) is 77.7 Å². The average molecular weight is 546 g/mol. The summed E-state index contributed by atoms with van der Waals surface area (Å²) in [6.45, 7) is 5.80. The Balaban J connectivity index is 1.44. The highest BCUT2D eigenvalue weighted by Gasteiger charge is 2.23. The van der Waals surface area contributed by atoms with Gasteiger partial charge in [0.2, 0.25) is 5.91 Å². The van der Waals surface area contributed by atoms with Crippen LogP contribution in [-0.2, 0) is 22.4 Å². The van der Waals surface area contributed by atoms with Crippen molar-refractivity contribution >= 4 is 17.5 Å². The van der Waals surface area contributed by atoms with E-state index >= 15 is 0 Å². The van der Waals surface area contributed by atoms with E-state index < -0.39 is 11.6 Å². The number of carbonyl (C=O) groups excluding carboxylic acids is 2. The lowest BCUT2D eigenvalue weighted by Gasteiger charge is -2.30. The number of phenols is 1. The van der Waals surface area contributed by atoms with Crippen LogP contribution in [0.15, 0.2) is 30.3 Å². The Bertz CT molecular complexity index is 1110. The molecule has 39 heavy (non-hydrogen) atoms. The van der Waals surface area contributed by atoms with E-state index in [-0.39, 0.29) is 30.2 Å². The normalized spacial score (nSPS) is 13.4. The number of phenolic OH excluding ortho intramolecular Hbond substituents is 1. The molecule has 2 aromatic rings. The highest BCUT2D eigenvalue weighted by molar-refractivity contribution is 5.97. The molecule has 1 aliphatic rings. The minimum Gasteiger partial charge on any atom is -0.506 e. The molecule has 3 rings (SSSR count). The van der Waals surface area contributed by atoms with Gasteiger partial charge in [0.25, 0.3) is 5.91 Å². The molecule has 1 atom stereocenters. The molecule has 3 N–H and O–H groups in total. The number of nitrogens with zero attached hydrogens (tertiary/aromatic N) is 1. The van der Waals surface area contributed by atoms with Crippen molar-refractivity contribution in [3.63, 3.8) is 0 Å². The Kier molecular flexibility index (Phi) is 12.0. The molecule has 0 aliphatic carbocycles. The van der Waals surface area contributed by atoms with Crippen molar-refractivity contribution in [1.29, 1.82) is 0 Å². The van der Waals surface area contributed by atoms with Gasteiger partial charge >= 0.3 is 0 Å². The molecule has 2 aromatic carbocycles. The monoisotopic (exact) mass is 545 g/mol. The third-order valence-electron chi connectivity index (χ3n) is 7.12. The zero-order chi connectivity index (χ0) is 28.2. The van der Waals surface area contributed by atoms with E-state index in [9.17, 15) is 23.5 Å². The summed E-state index contributed by atoms with van der Waals surface area (Å²) < 4.78 is 32.8. The molecule has 214 valence electrons. The molecular weight excluding hydrogens is 504 g/mol. The van der Waals surface area contributed by atoms with Crippen LogP contribution in [0.2, 0.25) is 0 Å². The van der Waals surface area contributed by atoms with Crippen LogP contribution < -0.4 is 15.4 Å². The van der Waals surface area contributed by atoms with E-state index in [0.717, 1.165) is 56.6 Å². The number of halogens is 2. The molecule has 0 bridgehead atoms. The third kappa shape index (κ3) is 8.92. The molecule has 0 saturated heterocycles. The number of aryl methyl sites for hydroxylation is 1. The Labute approximate surface area is 229 Å². The van der Waals surface area contributed by atoms with Gasteiger partial charge in [0.05, 0.1) is 0 Å². The number of aromatic hydroxyl groups is 1. The molecule has 2 amide bonds. The zero-order valence-corrected chi connectivity index (χ0v) is 23.0. The largest absolute Gasteiger partial charge is 0.506 e. The molecule has 0 spiro atoms. The molecule has 0 radical (unpaired) electrons. The molecular formula is C30H41F2N3O4. The van der Waals surface area contributed by atoms with Crippen molar-refractivity contribution in [3.8, 4) is 11.5 Å². The topological polar surface area (TPSA) is 90.9 Å². The molecule has 0 fully saturated rings. The summed E-state index contributed by atoms with van der Waals surface area (Å²) in [7, 11) is 0. The van der Waals surface area contributed by atoms with Gasteiger partial charge in [0.1, 0.15) is 11.4 Å². The van der Waals surface area contributed by atoms with Gasteiger partial charge in [-0.1, -0.05) is 44.4 Å². The predicted molar refractivity (Wildman–Crippen MR) is 148 cm³/mol. The lowest BCUT2D eigenvalue weighted by atomic mass is 10.0.